The summed E-state index contributed by atoms with van der Waals surface area (Å²) in [5.41, 5.74) is 0. The number of allylic oxidation sites excluding steroid dienone is 12. The van der Waals surface area contributed by atoms with Gasteiger partial charge in [-0.05, 0) is 51.4 Å². The minimum absolute atomic E-state index is 0.0491. The molecule has 1 amide bonds. The van der Waals surface area contributed by atoms with Gasteiger partial charge >= 0.3 is 0 Å². The number of carbonyl (C=O) groups excluding carboxylic acids is 1. The van der Waals surface area contributed by atoms with E-state index in [1.165, 1.54) is 0 Å². The van der Waals surface area contributed by atoms with Gasteiger partial charge in [-0.3, -0.25) is 4.79 Å². The van der Waals surface area contributed by atoms with Gasteiger partial charge in [0.1, 0.15) is 0 Å². The molecule has 0 aliphatic carbocycles. The van der Waals surface area contributed by atoms with Gasteiger partial charge in [0, 0.05) is 19.6 Å². The Morgan fingerprint density at radius 2 is 1.14 bits per heavy atom. The molecule has 0 aromatic heterocycles. The zero-order valence-electron chi connectivity index (χ0n) is 17.6. The molecule has 0 unspecified atom stereocenters. The van der Waals surface area contributed by atoms with Crippen LogP contribution in [0.3, 0.4) is 0 Å². The summed E-state index contributed by atoms with van der Waals surface area (Å²) in [4.78, 5) is 11.4. The number of carbonyl (C=O) groups is 1. The molecule has 0 fully saturated rings. The van der Waals surface area contributed by atoms with Crippen molar-refractivity contribution in [1.82, 2.24) is 5.32 Å². The van der Waals surface area contributed by atoms with E-state index in [0.29, 0.717) is 19.4 Å². The predicted octanol–water partition coefficient (Wildman–Crippen LogP) is 5.96. The van der Waals surface area contributed by atoms with Gasteiger partial charge < -0.3 is 10.4 Å². The van der Waals surface area contributed by atoms with Crippen molar-refractivity contribution in [2.75, 3.05) is 13.2 Å². The lowest BCUT2D eigenvalue weighted by atomic mass is 10.2. The van der Waals surface area contributed by atoms with Crippen LogP contribution in [0, 0.1) is 0 Å². The molecule has 2 N–H and O–H groups in total. The van der Waals surface area contributed by atoms with Crippen LogP contribution in [0.15, 0.2) is 72.9 Å². The van der Waals surface area contributed by atoms with Crippen molar-refractivity contribution in [3.05, 3.63) is 72.9 Å². The maximum absolute atomic E-state index is 11.4. The molecule has 0 radical (unpaired) electrons. The highest BCUT2D eigenvalue weighted by atomic mass is 16.3. The summed E-state index contributed by atoms with van der Waals surface area (Å²) >= 11 is 0. The van der Waals surface area contributed by atoms with E-state index >= 15 is 0 Å². The number of aliphatic hydroxyl groups is 1. The lowest BCUT2D eigenvalue weighted by Gasteiger charge is -2.01. The van der Waals surface area contributed by atoms with Crippen molar-refractivity contribution in [1.29, 1.82) is 0 Å². The van der Waals surface area contributed by atoms with E-state index in [1.54, 1.807) is 0 Å². The number of hydrogen-bond donors (Lipinski definition) is 2. The lowest BCUT2D eigenvalue weighted by molar-refractivity contribution is -0.121. The summed E-state index contributed by atoms with van der Waals surface area (Å²) < 4.78 is 0. The third-order valence-corrected chi connectivity index (χ3v) is 3.79. The van der Waals surface area contributed by atoms with Gasteiger partial charge in [-0.1, -0.05) is 79.8 Å². The molecule has 0 aliphatic heterocycles. The second-order valence-electron chi connectivity index (χ2n) is 6.38. The molecule has 0 spiro atoms. The van der Waals surface area contributed by atoms with E-state index in [-0.39, 0.29) is 12.5 Å². The maximum Gasteiger partial charge on any atom is 0.220 e. The largest absolute Gasteiger partial charge is 0.396 e. The smallest absolute Gasteiger partial charge is 0.220 e. The Labute approximate surface area is 172 Å². The normalized spacial score (nSPS) is 12.8. The number of rotatable bonds is 17. The average Bonchev–Trinajstić information content (AvgIpc) is 2.70. The van der Waals surface area contributed by atoms with Crippen molar-refractivity contribution in [2.45, 2.75) is 64.7 Å². The number of amides is 1. The van der Waals surface area contributed by atoms with E-state index in [1.807, 2.05) is 6.08 Å². The minimum Gasteiger partial charge on any atom is -0.396 e. The van der Waals surface area contributed by atoms with E-state index < -0.39 is 0 Å². The van der Waals surface area contributed by atoms with Gasteiger partial charge in [0.25, 0.3) is 0 Å². The molecule has 3 nitrogen and oxygen atoms in total. The standard InChI is InChI=1S/C25H39NO2/c1-2-3-4-5-6-7-8-9-10-11-12-13-14-15-16-17-18-19-20-22-25(28)26-23-21-24-27/h3-4,6-7,9-10,12-13,15-16,18-19,27H,2,5,8,11,14,17,20-24H2,1H3,(H,26,28). The Morgan fingerprint density at radius 3 is 1.57 bits per heavy atom. The molecule has 0 heterocycles. The first kappa shape index (κ1) is 25.9. The van der Waals surface area contributed by atoms with E-state index in [4.69, 9.17) is 5.11 Å². The van der Waals surface area contributed by atoms with Gasteiger partial charge in [-0.25, -0.2) is 0 Å². The fourth-order valence-electron chi connectivity index (χ4n) is 2.25. The van der Waals surface area contributed by atoms with Crippen LogP contribution in [-0.2, 0) is 4.79 Å². The predicted molar refractivity (Wildman–Crippen MR) is 122 cm³/mol. The zero-order valence-corrected chi connectivity index (χ0v) is 17.6. The zero-order chi connectivity index (χ0) is 20.5. The number of hydrogen-bond acceptors (Lipinski definition) is 2. The van der Waals surface area contributed by atoms with Crippen molar-refractivity contribution < 1.29 is 9.90 Å². The Balaban J connectivity index is 3.54. The quantitative estimate of drug-likeness (QED) is 0.240. The molecule has 0 saturated heterocycles. The highest BCUT2D eigenvalue weighted by Gasteiger charge is 1.97. The average molecular weight is 386 g/mol. The molecule has 0 saturated carbocycles. The van der Waals surface area contributed by atoms with Crippen LogP contribution in [0.2, 0.25) is 0 Å². The SMILES string of the molecule is CCC=CCC=CCC=CCC=CCC=CCC=CCCC(=O)NCCCO. The fraction of sp³-hybridized carbons (Fsp3) is 0.480. The highest BCUT2D eigenvalue weighted by Crippen LogP contribution is 1.97. The van der Waals surface area contributed by atoms with E-state index in [0.717, 1.165) is 44.9 Å². The van der Waals surface area contributed by atoms with Gasteiger partial charge in [-0.2, -0.15) is 0 Å². The van der Waals surface area contributed by atoms with Crippen LogP contribution < -0.4 is 5.32 Å². The molecular weight excluding hydrogens is 346 g/mol. The maximum atomic E-state index is 11.4. The Hall–Kier alpha value is -2.13. The van der Waals surface area contributed by atoms with Gasteiger partial charge in [0.05, 0.1) is 0 Å². The summed E-state index contributed by atoms with van der Waals surface area (Å²) in [6, 6.07) is 0. The summed E-state index contributed by atoms with van der Waals surface area (Å²) in [6.45, 7) is 2.82. The van der Waals surface area contributed by atoms with Crippen LogP contribution in [-0.4, -0.2) is 24.2 Å². The first-order valence-corrected chi connectivity index (χ1v) is 10.6. The van der Waals surface area contributed by atoms with Crippen LogP contribution >= 0.6 is 0 Å². The van der Waals surface area contributed by atoms with Crippen LogP contribution in [0.25, 0.3) is 0 Å². The third-order valence-electron chi connectivity index (χ3n) is 3.79. The summed E-state index contributed by atoms with van der Waals surface area (Å²) in [7, 11) is 0. The number of aliphatic hydroxyl groups excluding tert-OH is 1. The fourth-order valence-corrected chi connectivity index (χ4v) is 2.25. The molecule has 0 aromatic carbocycles. The minimum atomic E-state index is 0.0491. The molecule has 0 bridgehead atoms. The molecule has 28 heavy (non-hydrogen) atoms. The summed E-state index contributed by atoms with van der Waals surface area (Å²) in [6.07, 6.45) is 33.9. The second kappa shape index (κ2) is 22.9. The molecule has 156 valence electrons. The van der Waals surface area contributed by atoms with Crippen molar-refractivity contribution in [2.24, 2.45) is 0 Å². The topological polar surface area (TPSA) is 49.3 Å². The second-order valence-corrected chi connectivity index (χ2v) is 6.38. The third kappa shape index (κ3) is 21.9. The Bertz CT molecular complexity index is 525. The highest BCUT2D eigenvalue weighted by molar-refractivity contribution is 5.75. The Morgan fingerprint density at radius 1 is 0.714 bits per heavy atom. The van der Waals surface area contributed by atoms with Gasteiger partial charge in [0.15, 0.2) is 0 Å². The molecule has 0 aliphatic rings. The first-order valence-electron chi connectivity index (χ1n) is 10.6. The van der Waals surface area contributed by atoms with Crippen LogP contribution in [0.5, 0.6) is 0 Å². The summed E-state index contributed by atoms with van der Waals surface area (Å²) in [5.74, 6) is 0.0491. The molecule has 0 aromatic rings. The van der Waals surface area contributed by atoms with Crippen molar-refractivity contribution in [3.8, 4) is 0 Å². The monoisotopic (exact) mass is 385 g/mol. The molecule has 3 heteroatoms. The first-order chi connectivity index (χ1) is 13.8. The van der Waals surface area contributed by atoms with Crippen LogP contribution in [0.4, 0.5) is 0 Å². The summed E-state index contributed by atoms with van der Waals surface area (Å²) in [5, 5.41) is 11.4. The molecular formula is C25H39NO2. The number of nitrogens with one attached hydrogen (secondary N) is 1. The molecule has 0 atom stereocenters. The molecule has 0 rings (SSSR count). The van der Waals surface area contributed by atoms with Crippen molar-refractivity contribution in [3.63, 3.8) is 0 Å². The van der Waals surface area contributed by atoms with Gasteiger partial charge in [0.2, 0.25) is 5.91 Å². The van der Waals surface area contributed by atoms with E-state index in [9.17, 15) is 4.79 Å². The van der Waals surface area contributed by atoms with E-state index in [2.05, 4.69) is 79.1 Å². The van der Waals surface area contributed by atoms with Crippen LogP contribution in [0.1, 0.15) is 64.7 Å². The Kier molecular flexibility index (Phi) is 21.2. The van der Waals surface area contributed by atoms with Crippen molar-refractivity contribution >= 4 is 5.91 Å². The van der Waals surface area contributed by atoms with Gasteiger partial charge in [-0.15, -0.1) is 0 Å². The lowest BCUT2D eigenvalue weighted by Crippen LogP contribution is -2.24.